The normalized spacial score (nSPS) is 11.5. The quantitative estimate of drug-likeness (QED) is 0.594. The molecule has 1 aromatic rings. The lowest BCUT2D eigenvalue weighted by atomic mass is 10.1. The summed E-state index contributed by atoms with van der Waals surface area (Å²) in [7, 11) is 0. The van der Waals surface area contributed by atoms with Crippen LogP contribution in [0.3, 0.4) is 0 Å². The second-order valence-electron chi connectivity index (χ2n) is 4.82. The average Bonchev–Trinajstić information content (AvgIpc) is 2.42. The van der Waals surface area contributed by atoms with Crippen LogP contribution < -0.4 is 4.74 Å². The molecule has 0 saturated carbocycles. The minimum Gasteiger partial charge on any atom is -0.456 e. The fourth-order valence-electron chi connectivity index (χ4n) is 2.04. The van der Waals surface area contributed by atoms with Gasteiger partial charge in [-0.25, -0.2) is 0 Å². The number of amides is 1. The number of carbonyl (C=O) groups is 3. The van der Waals surface area contributed by atoms with E-state index in [9.17, 15) is 14.4 Å². The van der Waals surface area contributed by atoms with E-state index in [1.807, 2.05) is 6.92 Å². The molecule has 0 heterocycles. The van der Waals surface area contributed by atoms with Crippen LogP contribution >= 0.6 is 0 Å². The number of likely N-dealkylation sites (N-methyl/N-ethyl adjacent to an activating group) is 1. The van der Waals surface area contributed by atoms with Crippen LogP contribution in [-0.2, 0) is 19.1 Å². The Morgan fingerprint density at radius 1 is 1.14 bits per heavy atom. The monoisotopic (exact) mass is 307 g/mol. The van der Waals surface area contributed by atoms with Gasteiger partial charge in [-0.3, -0.25) is 14.4 Å². The maximum Gasteiger partial charge on any atom is 0.308 e. The zero-order valence-corrected chi connectivity index (χ0v) is 13.3. The van der Waals surface area contributed by atoms with Gasteiger partial charge in [-0.15, -0.1) is 0 Å². The number of rotatable bonds is 6. The van der Waals surface area contributed by atoms with Gasteiger partial charge in [0.05, 0.1) is 6.54 Å². The number of nitrogens with zero attached hydrogens (tertiary/aromatic N) is 1. The summed E-state index contributed by atoms with van der Waals surface area (Å²) in [6, 6.07) is 6.73. The molecule has 0 radical (unpaired) electrons. The van der Waals surface area contributed by atoms with Gasteiger partial charge >= 0.3 is 11.9 Å². The molecule has 0 N–H and O–H groups in total. The van der Waals surface area contributed by atoms with Gasteiger partial charge in [0.15, 0.2) is 0 Å². The molecular formula is C16H21NO5. The number of hydrogen-bond donors (Lipinski definition) is 0. The minimum atomic E-state index is -0.614. The molecule has 1 rings (SSSR count). The van der Waals surface area contributed by atoms with E-state index in [4.69, 9.17) is 9.47 Å². The summed E-state index contributed by atoms with van der Waals surface area (Å²) in [5, 5.41) is 0. The number of hydrogen-bond acceptors (Lipinski definition) is 5. The molecule has 0 bridgehead atoms. The highest BCUT2D eigenvalue weighted by molar-refractivity contribution is 5.73. The van der Waals surface area contributed by atoms with Crippen molar-refractivity contribution in [1.82, 2.24) is 4.90 Å². The number of ether oxygens (including phenoxy) is 2. The molecule has 1 unspecified atom stereocenters. The Morgan fingerprint density at radius 3 is 2.32 bits per heavy atom. The van der Waals surface area contributed by atoms with Gasteiger partial charge in [-0.2, -0.15) is 0 Å². The third-order valence-electron chi connectivity index (χ3n) is 3.01. The largest absolute Gasteiger partial charge is 0.456 e. The fourth-order valence-corrected chi connectivity index (χ4v) is 2.04. The highest BCUT2D eigenvalue weighted by Crippen LogP contribution is 2.23. The SMILES string of the molecule is CCN(CC(OC(C)=O)c1cccc(OC(C)=O)c1)C(C)=O. The Bertz CT molecular complexity index is 555. The summed E-state index contributed by atoms with van der Waals surface area (Å²) in [6.07, 6.45) is -0.614. The fraction of sp³-hybridized carbons (Fsp3) is 0.438. The van der Waals surface area contributed by atoms with Crippen molar-refractivity contribution in [3.8, 4) is 5.75 Å². The molecule has 0 saturated heterocycles. The lowest BCUT2D eigenvalue weighted by Crippen LogP contribution is -2.34. The summed E-state index contributed by atoms with van der Waals surface area (Å²) in [5.74, 6) is -0.605. The summed E-state index contributed by atoms with van der Waals surface area (Å²) >= 11 is 0. The minimum absolute atomic E-state index is 0.101. The molecule has 6 nitrogen and oxygen atoms in total. The molecule has 0 spiro atoms. The molecule has 0 aromatic heterocycles. The van der Waals surface area contributed by atoms with Crippen molar-refractivity contribution < 1.29 is 23.9 Å². The summed E-state index contributed by atoms with van der Waals surface area (Å²) in [5.41, 5.74) is 0.661. The summed E-state index contributed by atoms with van der Waals surface area (Å²) < 4.78 is 10.3. The second kappa shape index (κ2) is 8.17. The van der Waals surface area contributed by atoms with Crippen molar-refractivity contribution in [3.63, 3.8) is 0 Å². The highest BCUT2D eigenvalue weighted by Gasteiger charge is 2.20. The Hall–Kier alpha value is -2.37. The molecule has 0 aliphatic carbocycles. The van der Waals surface area contributed by atoms with E-state index in [1.54, 1.807) is 29.2 Å². The van der Waals surface area contributed by atoms with Crippen molar-refractivity contribution in [2.75, 3.05) is 13.1 Å². The molecule has 120 valence electrons. The number of benzene rings is 1. The van der Waals surface area contributed by atoms with Gasteiger partial charge in [0.2, 0.25) is 5.91 Å². The highest BCUT2D eigenvalue weighted by atomic mass is 16.5. The van der Waals surface area contributed by atoms with Crippen LogP contribution in [0.4, 0.5) is 0 Å². The third-order valence-corrected chi connectivity index (χ3v) is 3.01. The average molecular weight is 307 g/mol. The maximum atomic E-state index is 11.6. The predicted molar refractivity (Wildman–Crippen MR) is 80.2 cm³/mol. The van der Waals surface area contributed by atoms with Crippen LogP contribution in [0, 0.1) is 0 Å². The van der Waals surface area contributed by atoms with E-state index in [0.717, 1.165) is 0 Å². The van der Waals surface area contributed by atoms with Crippen LogP contribution in [-0.4, -0.2) is 35.8 Å². The third kappa shape index (κ3) is 5.55. The van der Waals surface area contributed by atoms with Crippen LogP contribution in [0.1, 0.15) is 39.4 Å². The van der Waals surface area contributed by atoms with Crippen LogP contribution in [0.5, 0.6) is 5.75 Å². The van der Waals surface area contributed by atoms with E-state index in [2.05, 4.69) is 0 Å². The van der Waals surface area contributed by atoms with Crippen molar-refractivity contribution >= 4 is 17.8 Å². The predicted octanol–water partition coefficient (Wildman–Crippen LogP) is 2.08. The van der Waals surface area contributed by atoms with E-state index in [-0.39, 0.29) is 12.5 Å². The van der Waals surface area contributed by atoms with Crippen LogP contribution in [0.15, 0.2) is 24.3 Å². The van der Waals surface area contributed by atoms with Crippen molar-refractivity contribution in [3.05, 3.63) is 29.8 Å². The Labute approximate surface area is 130 Å². The molecule has 6 heteroatoms. The zero-order chi connectivity index (χ0) is 16.7. The molecule has 1 amide bonds. The molecular weight excluding hydrogens is 286 g/mol. The van der Waals surface area contributed by atoms with Gasteiger partial charge in [-0.1, -0.05) is 12.1 Å². The first-order valence-corrected chi connectivity index (χ1v) is 7.04. The smallest absolute Gasteiger partial charge is 0.308 e. The van der Waals surface area contributed by atoms with E-state index >= 15 is 0 Å². The van der Waals surface area contributed by atoms with Gasteiger partial charge in [0.1, 0.15) is 11.9 Å². The summed E-state index contributed by atoms with van der Waals surface area (Å²) in [6.45, 7) is 6.69. The molecule has 0 aliphatic heterocycles. The first kappa shape index (κ1) is 17.7. The zero-order valence-electron chi connectivity index (χ0n) is 13.3. The van der Waals surface area contributed by atoms with Crippen LogP contribution in [0.2, 0.25) is 0 Å². The van der Waals surface area contributed by atoms with Gasteiger partial charge in [-0.05, 0) is 24.6 Å². The van der Waals surface area contributed by atoms with Gasteiger partial charge < -0.3 is 14.4 Å². The van der Waals surface area contributed by atoms with Gasteiger partial charge in [0, 0.05) is 27.3 Å². The maximum absolute atomic E-state index is 11.6. The molecule has 1 aromatic carbocycles. The van der Waals surface area contributed by atoms with Crippen molar-refractivity contribution in [2.24, 2.45) is 0 Å². The first-order chi connectivity index (χ1) is 10.3. The lowest BCUT2D eigenvalue weighted by Gasteiger charge is -2.25. The van der Waals surface area contributed by atoms with Crippen molar-refractivity contribution in [2.45, 2.75) is 33.8 Å². The van der Waals surface area contributed by atoms with Crippen molar-refractivity contribution in [1.29, 1.82) is 0 Å². The summed E-state index contributed by atoms with van der Waals surface area (Å²) in [4.78, 5) is 35.5. The van der Waals surface area contributed by atoms with Gasteiger partial charge in [0.25, 0.3) is 0 Å². The van der Waals surface area contributed by atoms with Crippen LogP contribution in [0.25, 0.3) is 0 Å². The lowest BCUT2D eigenvalue weighted by molar-refractivity contribution is -0.149. The second-order valence-corrected chi connectivity index (χ2v) is 4.82. The topological polar surface area (TPSA) is 72.9 Å². The Balaban J connectivity index is 3.02. The molecule has 0 fully saturated rings. The van der Waals surface area contributed by atoms with E-state index < -0.39 is 18.0 Å². The van der Waals surface area contributed by atoms with E-state index in [0.29, 0.717) is 17.9 Å². The number of carbonyl (C=O) groups excluding carboxylic acids is 3. The van der Waals surface area contributed by atoms with E-state index in [1.165, 1.54) is 20.8 Å². The first-order valence-electron chi connectivity index (χ1n) is 7.04. The Morgan fingerprint density at radius 2 is 1.82 bits per heavy atom. The standard InChI is InChI=1S/C16H21NO5/c1-5-17(11(2)18)10-16(22-13(4)20)14-7-6-8-15(9-14)21-12(3)19/h6-9,16H,5,10H2,1-4H3. The molecule has 22 heavy (non-hydrogen) atoms. The molecule has 1 atom stereocenters. The number of esters is 2. The molecule has 0 aliphatic rings. The Kier molecular flexibility index (Phi) is 6.56.